The van der Waals surface area contributed by atoms with Gasteiger partial charge in [0.05, 0.1) is 36.2 Å². The molecule has 1 aromatic rings. The molecule has 0 aliphatic rings. The minimum Gasteiger partial charge on any atom is -0.481 e. The van der Waals surface area contributed by atoms with Gasteiger partial charge < -0.3 is 9.47 Å². The van der Waals surface area contributed by atoms with Gasteiger partial charge >= 0.3 is 5.97 Å². The second-order valence-corrected chi connectivity index (χ2v) is 3.58. The van der Waals surface area contributed by atoms with Gasteiger partial charge in [-0.1, -0.05) is 0 Å². The van der Waals surface area contributed by atoms with Gasteiger partial charge in [0.2, 0.25) is 5.88 Å². The summed E-state index contributed by atoms with van der Waals surface area (Å²) in [6, 6.07) is 0. The Hall–Kier alpha value is -2.32. The van der Waals surface area contributed by atoms with Crippen LogP contribution in [0.25, 0.3) is 0 Å². The molecular formula is C11H12F2N2O5. The molecule has 1 rings (SSSR count). The standard InChI is InChI=1S/C11H12F2N2O5/c1-3-20-8(16)4-6-7(15(17)18)5-14-11(19-2)9(6)10(12)13/h5,10H,3-4H2,1-2H3. The predicted octanol–water partition coefficient (Wildman–Crippen LogP) is 2.04. The monoisotopic (exact) mass is 290 g/mol. The minimum absolute atomic E-state index is 0.0405. The van der Waals surface area contributed by atoms with Crippen LogP contribution in [0.5, 0.6) is 5.88 Å². The summed E-state index contributed by atoms with van der Waals surface area (Å²) in [6.07, 6.45) is -2.94. The first-order chi connectivity index (χ1) is 9.42. The van der Waals surface area contributed by atoms with Crippen molar-refractivity contribution in [2.75, 3.05) is 13.7 Å². The van der Waals surface area contributed by atoms with Crippen molar-refractivity contribution in [1.82, 2.24) is 4.98 Å². The molecule has 1 aromatic heterocycles. The van der Waals surface area contributed by atoms with Crippen molar-refractivity contribution in [2.24, 2.45) is 0 Å². The number of halogens is 2. The Kier molecular flexibility index (Phi) is 5.30. The smallest absolute Gasteiger partial charge is 0.310 e. The highest BCUT2D eigenvalue weighted by Gasteiger charge is 2.30. The Morgan fingerprint density at radius 1 is 1.55 bits per heavy atom. The fraction of sp³-hybridized carbons (Fsp3) is 0.455. The number of ether oxygens (including phenoxy) is 2. The van der Waals surface area contributed by atoms with E-state index in [-0.39, 0.29) is 6.61 Å². The van der Waals surface area contributed by atoms with Crippen molar-refractivity contribution < 1.29 is 28.0 Å². The summed E-state index contributed by atoms with van der Waals surface area (Å²) in [5.74, 6) is -1.30. The molecule has 0 spiro atoms. The Bertz CT molecular complexity index is 522. The van der Waals surface area contributed by atoms with E-state index in [4.69, 9.17) is 0 Å². The van der Waals surface area contributed by atoms with Crippen molar-refractivity contribution in [3.05, 3.63) is 27.4 Å². The number of nitro groups is 1. The number of pyridine rings is 1. The first kappa shape index (κ1) is 15.7. The summed E-state index contributed by atoms with van der Waals surface area (Å²) in [5.41, 5.74) is -1.89. The first-order valence-corrected chi connectivity index (χ1v) is 5.56. The Morgan fingerprint density at radius 2 is 2.20 bits per heavy atom. The molecular weight excluding hydrogens is 278 g/mol. The topological polar surface area (TPSA) is 91.6 Å². The number of esters is 1. The van der Waals surface area contributed by atoms with Gasteiger partial charge in [-0.2, -0.15) is 0 Å². The van der Waals surface area contributed by atoms with E-state index in [9.17, 15) is 23.7 Å². The van der Waals surface area contributed by atoms with E-state index >= 15 is 0 Å². The fourth-order valence-electron chi connectivity index (χ4n) is 1.62. The zero-order chi connectivity index (χ0) is 15.3. The first-order valence-electron chi connectivity index (χ1n) is 5.56. The van der Waals surface area contributed by atoms with Crippen LogP contribution in [0.3, 0.4) is 0 Å². The number of hydrogen-bond acceptors (Lipinski definition) is 6. The maximum absolute atomic E-state index is 13.1. The third kappa shape index (κ3) is 3.37. The predicted molar refractivity (Wildman–Crippen MR) is 62.7 cm³/mol. The van der Waals surface area contributed by atoms with E-state index in [2.05, 4.69) is 14.5 Å². The van der Waals surface area contributed by atoms with Crippen LogP contribution < -0.4 is 4.74 Å². The zero-order valence-electron chi connectivity index (χ0n) is 10.8. The average molecular weight is 290 g/mol. The summed E-state index contributed by atoms with van der Waals surface area (Å²) in [6.45, 7) is 1.58. The zero-order valence-corrected chi connectivity index (χ0v) is 10.8. The molecule has 0 amide bonds. The number of aromatic nitrogens is 1. The van der Waals surface area contributed by atoms with Gasteiger partial charge in [0.15, 0.2) is 0 Å². The number of methoxy groups -OCH3 is 1. The molecule has 1 heterocycles. The summed E-state index contributed by atoms with van der Waals surface area (Å²) < 4.78 is 35.4. The quantitative estimate of drug-likeness (QED) is 0.452. The van der Waals surface area contributed by atoms with Crippen molar-refractivity contribution in [1.29, 1.82) is 0 Å². The summed E-state index contributed by atoms with van der Waals surface area (Å²) in [4.78, 5) is 24.8. The third-order valence-electron chi connectivity index (χ3n) is 2.40. The van der Waals surface area contributed by atoms with Gasteiger partial charge in [0.25, 0.3) is 12.1 Å². The van der Waals surface area contributed by atoms with Gasteiger partial charge in [-0.05, 0) is 6.92 Å². The molecule has 0 unspecified atom stereocenters. The van der Waals surface area contributed by atoms with Gasteiger partial charge in [-0.3, -0.25) is 14.9 Å². The van der Waals surface area contributed by atoms with Crippen LogP contribution in [-0.4, -0.2) is 29.6 Å². The SMILES string of the molecule is CCOC(=O)Cc1c([N+](=O)[O-])cnc(OC)c1C(F)F. The van der Waals surface area contributed by atoms with Gasteiger partial charge in [0.1, 0.15) is 6.20 Å². The van der Waals surface area contributed by atoms with Crippen molar-refractivity contribution >= 4 is 11.7 Å². The summed E-state index contributed by atoms with van der Waals surface area (Å²) in [5, 5.41) is 10.9. The number of hydrogen-bond donors (Lipinski definition) is 0. The molecule has 0 saturated heterocycles. The van der Waals surface area contributed by atoms with Crippen molar-refractivity contribution in [2.45, 2.75) is 19.8 Å². The molecule has 0 N–H and O–H groups in total. The van der Waals surface area contributed by atoms with E-state index in [0.717, 1.165) is 13.3 Å². The van der Waals surface area contributed by atoms with Crippen LogP contribution in [-0.2, 0) is 16.0 Å². The minimum atomic E-state index is -3.07. The largest absolute Gasteiger partial charge is 0.481 e. The van der Waals surface area contributed by atoms with Crippen LogP contribution in [0.15, 0.2) is 6.20 Å². The van der Waals surface area contributed by atoms with Crippen molar-refractivity contribution in [3.63, 3.8) is 0 Å². The van der Waals surface area contributed by atoms with Crippen LogP contribution in [0, 0.1) is 10.1 Å². The van der Waals surface area contributed by atoms with Crippen LogP contribution in [0.2, 0.25) is 0 Å². The molecule has 110 valence electrons. The number of rotatable bonds is 6. The van der Waals surface area contributed by atoms with Gasteiger partial charge in [-0.15, -0.1) is 0 Å². The lowest BCUT2D eigenvalue weighted by molar-refractivity contribution is -0.386. The molecule has 0 saturated carbocycles. The molecule has 0 radical (unpaired) electrons. The Balaban J connectivity index is 3.39. The number of alkyl halides is 2. The van der Waals surface area contributed by atoms with E-state index in [1.165, 1.54) is 6.92 Å². The molecule has 0 fully saturated rings. The molecule has 0 bridgehead atoms. The number of carbonyl (C=O) groups is 1. The maximum atomic E-state index is 13.1. The molecule has 0 aromatic carbocycles. The van der Waals surface area contributed by atoms with E-state index in [1.807, 2.05) is 0 Å². The number of nitrogens with zero attached hydrogens (tertiary/aromatic N) is 2. The third-order valence-corrected chi connectivity index (χ3v) is 2.40. The normalized spacial score (nSPS) is 10.4. The molecule has 0 aliphatic carbocycles. The highest BCUT2D eigenvalue weighted by Crippen LogP contribution is 2.35. The molecule has 0 atom stereocenters. The van der Waals surface area contributed by atoms with Gasteiger partial charge in [-0.25, -0.2) is 13.8 Å². The lowest BCUT2D eigenvalue weighted by atomic mass is 10.0. The lowest BCUT2D eigenvalue weighted by Crippen LogP contribution is -2.13. The molecule has 7 nitrogen and oxygen atoms in total. The fourth-order valence-corrected chi connectivity index (χ4v) is 1.62. The second-order valence-electron chi connectivity index (χ2n) is 3.58. The van der Waals surface area contributed by atoms with E-state index < -0.39 is 46.4 Å². The molecule has 0 aliphatic heterocycles. The van der Waals surface area contributed by atoms with E-state index in [1.54, 1.807) is 0 Å². The number of carbonyl (C=O) groups excluding carboxylic acids is 1. The van der Waals surface area contributed by atoms with Crippen LogP contribution in [0.4, 0.5) is 14.5 Å². The average Bonchev–Trinajstić information content (AvgIpc) is 2.37. The van der Waals surface area contributed by atoms with Crippen LogP contribution >= 0.6 is 0 Å². The highest BCUT2D eigenvalue weighted by atomic mass is 19.3. The van der Waals surface area contributed by atoms with Crippen molar-refractivity contribution in [3.8, 4) is 5.88 Å². The highest BCUT2D eigenvalue weighted by molar-refractivity contribution is 5.75. The summed E-state index contributed by atoms with van der Waals surface area (Å²) in [7, 11) is 1.11. The molecule has 20 heavy (non-hydrogen) atoms. The lowest BCUT2D eigenvalue weighted by Gasteiger charge is -2.12. The maximum Gasteiger partial charge on any atom is 0.310 e. The Morgan fingerprint density at radius 3 is 2.65 bits per heavy atom. The van der Waals surface area contributed by atoms with Gasteiger partial charge in [0, 0.05) is 0 Å². The molecule has 9 heteroatoms. The van der Waals surface area contributed by atoms with Crippen LogP contribution in [0.1, 0.15) is 24.5 Å². The summed E-state index contributed by atoms with van der Waals surface area (Å²) >= 11 is 0. The second kappa shape index (κ2) is 6.73. The van der Waals surface area contributed by atoms with E-state index in [0.29, 0.717) is 0 Å². The Labute approximate surface area is 112 Å².